The molecule has 0 bridgehead atoms. The monoisotopic (exact) mass is 372 g/mol. The summed E-state index contributed by atoms with van der Waals surface area (Å²) in [6.07, 6.45) is -4.74. The topological polar surface area (TPSA) is 99.4 Å². The third-order valence-electron chi connectivity index (χ3n) is 3.64. The first-order valence-corrected chi connectivity index (χ1v) is 7.81. The maximum Gasteiger partial charge on any atom is 0.416 e. The number of nitriles is 1. The van der Waals surface area contributed by atoms with E-state index in [1.54, 1.807) is 0 Å². The van der Waals surface area contributed by atoms with Crippen molar-refractivity contribution < 1.29 is 32.6 Å². The Morgan fingerprint density at radius 3 is 2.38 bits per heavy atom. The molecule has 6 nitrogen and oxygen atoms in total. The number of aliphatic hydroxyl groups excluding tert-OH is 1. The predicted octanol–water partition coefficient (Wildman–Crippen LogP) is 2.48. The van der Waals surface area contributed by atoms with Crippen LogP contribution in [0.25, 0.3) is 0 Å². The number of carbonyl (C=O) groups excluding carboxylic acids is 2. The van der Waals surface area contributed by atoms with Crippen molar-refractivity contribution in [3.8, 4) is 6.07 Å². The van der Waals surface area contributed by atoms with Gasteiger partial charge in [-0.1, -0.05) is 12.1 Å². The third kappa shape index (κ3) is 6.37. The molecule has 1 aromatic rings. The van der Waals surface area contributed by atoms with Crippen LogP contribution in [0.3, 0.4) is 0 Å². The van der Waals surface area contributed by atoms with Gasteiger partial charge in [-0.15, -0.1) is 0 Å². The van der Waals surface area contributed by atoms with Crippen LogP contribution in [0.4, 0.5) is 13.2 Å². The first-order chi connectivity index (χ1) is 12.2. The second kappa shape index (κ2) is 9.77. The van der Waals surface area contributed by atoms with Gasteiger partial charge in [0.15, 0.2) is 6.10 Å². The van der Waals surface area contributed by atoms with Crippen molar-refractivity contribution in [2.24, 2.45) is 0 Å². The van der Waals surface area contributed by atoms with Gasteiger partial charge in [0.2, 0.25) is 0 Å². The van der Waals surface area contributed by atoms with Gasteiger partial charge in [-0.25, -0.2) is 4.79 Å². The summed E-state index contributed by atoms with van der Waals surface area (Å²) in [5, 5.41) is 20.8. The van der Waals surface area contributed by atoms with Gasteiger partial charge >= 0.3 is 12.1 Å². The Morgan fingerprint density at radius 2 is 1.88 bits per heavy atom. The lowest BCUT2D eigenvalue weighted by atomic mass is 10.0. The molecule has 0 unspecified atom stereocenters. The number of benzene rings is 1. The van der Waals surface area contributed by atoms with E-state index in [4.69, 9.17) is 5.26 Å². The number of unbranched alkanes of at least 4 members (excludes halogenated alkanes) is 2. The Bertz CT molecular complexity index is 653. The molecule has 0 heterocycles. The van der Waals surface area contributed by atoms with Gasteiger partial charge in [0, 0.05) is 6.42 Å². The Kier molecular flexibility index (Phi) is 8.06. The number of methoxy groups -OCH3 is 1. The number of amides is 1. The molecule has 0 aliphatic heterocycles. The fourth-order valence-electron chi connectivity index (χ4n) is 2.20. The minimum absolute atomic E-state index is 0.0383. The van der Waals surface area contributed by atoms with Crippen LogP contribution in [0, 0.1) is 11.3 Å². The average molecular weight is 372 g/mol. The molecule has 0 spiro atoms. The van der Waals surface area contributed by atoms with E-state index in [-0.39, 0.29) is 12.0 Å². The van der Waals surface area contributed by atoms with E-state index in [1.807, 2.05) is 6.07 Å². The standard InChI is InChI=1S/C17H19F3N2O4/c1-26-16(25)13(5-3-2-4-10-21)22-15(24)14(23)11-6-8-12(9-7-11)17(18,19)20/h6-9,13-14,23H,2-5H2,1H3,(H,22,24)/t13-,14-/m1/s1. The highest BCUT2D eigenvalue weighted by atomic mass is 19.4. The average Bonchev–Trinajstić information content (AvgIpc) is 2.62. The maximum atomic E-state index is 12.5. The van der Waals surface area contributed by atoms with Crippen LogP contribution in [0.1, 0.15) is 42.9 Å². The zero-order valence-corrected chi connectivity index (χ0v) is 14.0. The number of ether oxygens (including phenoxy) is 1. The molecule has 0 saturated carbocycles. The lowest BCUT2D eigenvalue weighted by Gasteiger charge is -2.19. The largest absolute Gasteiger partial charge is 0.467 e. The molecule has 1 amide bonds. The predicted molar refractivity (Wildman–Crippen MR) is 84.4 cm³/mol. The van der Waals surface area contributed by atoms with E-state index in [2.05, 4.69) is 10.1 Å². The van der Waals surface area contributed by atoms with Crippen LogP contribution in [-0.2, 0) is 20.5 Å². The number of alkyl halides is 3. The summed E-state index contributed by atoms with van der Waals surface area (Å²) < 4.78 is 42.2. The molecule has 2 atom stereocenters. The molecule has 9 heteroatoms. The first kappa shape index (κ1) is 21.4. The molecule has 1 aromatic carbocycles. The molecule has 0 aromatic heterocycles. The number of carbonyl (C=O) groups is 2. The number of nitrogens with zero attached hydrogens (tertiary/aromatic N) is 1. The van der Waals surface area contributed by atoms with E-state index >= 15 is 0 Å². The summed E-state index contributed by atoms with van der Waals surface area (Å²) in [5.74, 6) is -1.64. The maximum absolute atomic E-state index is 12.5. The van der Waals surface area contributed by atoms with Gasteiger partial charge in [-0.3, -0.25) is 4.79 Å². The smallest absolute Gasteiger partial charge is 0.416 e. The highest BCUT2D eigenvalue weighted by molar-refractivity contribution is 5.87. The molecule has 26 heavy (non-hydrogen) atoms. The molecule has 0 fully saturated rings. The number of nitrogens with one attached hydrogen (secondary N) is 1. The van der Waals surface area contributed by atoms with Gasteiger partial charge in [0.1, 0.15) is 6.04 Å². The summed E-state index contributed by atoms with van der Waals surface area (Å²) >= 11 is 0. The second-order valence-corrected chi connectivity index (χ2v) is 5.51. The molecular weight excluding hydrogens is 353 g/mol. The van der Waals surface area contributed by atoms with Crippen molar-refractivity contribution >= 4 is 11.9 Å². The normalized spacial score (nSPS) is 13.4. The van der Waals surface area contributed by atoms with E-state index in [0.29, 0.717) is 19.3 Å². The SMILES string of the molecule is COC(=O)[C@@H](CCCCC#N)NC(=O)[C@H](O)c1ccc(C(F)(F)F)cc1. The molecule has 0 saturated heterocycles. The number of rotatable bonds is 8. The van der Waals surface area contributed by atoms with Crippen molar-refractivity contribution in [1.29, 1.82) is 5.26 Å². The Hall–Kier alpha value is -2.60. The lowest BCUT2D eigenvalue weighted by Crippen LogP contribution is -2.43. The van der Waals surface area contributed by atoms with Crippen LogP contribution < -0.4 is 5.32 Å². The summed E-state index contributed by atoms with van der Waals surface area (Å²) in [4.78, 5) is 23.8. The highest BCUT2D eigenvalue weighted by Crippen LogP contribution is 2.30. The second-order valence-electron chi connectivity index (χ2n) is 5.51. The minimum atomic E-state index is -4.52. The number of aliphatic hydroxyl groups is 1. The number of hydrogen-bond acceptors (Lipinski definition) is 5. The van der Waals surface area contributed by atoms with Gasteiger partial charge in [-0.05, 0) is 37.0 Å². The molecule has 1 rings (SSSR count). The van der Waals surface area contributed by atoms with E-state index < -0.39 is 35.8 Å². The van der Waals surface area contributed by atoms with Crippen molar-refractivity contribution in [3.63, 3.8) is 0 Å². The fraction of sp³-hybridized carbons (Fsp3) is 0.471. The van der Waals surface area contributed by atoms with Crippen molar-refractivity contribution in [1.82, 2.24) is 5.32 Å². The van der Waals surface area contributed by atoms with Gasteiger partial charge in [0.25, 0.3) is 5.91 Å². The van der Waals surface area contributed by atoms with Gasteiger partial charge in [-0.2, -0.15) is 18.4 Å². The number of hydrogen-bond donors (Lipinski definition) is 2. The van der Waals surface area contributed by atoms with Crippen molar-refractivity contribution in [2.45, 2.75) is 44.0 Å². The Labute approximate surface area is 148 Å². The molecule has 0 aliphatic carbocycles. The van der Waals surface area contributed by atoms with Crippen molar-refractivity contribution in [3.05, 3.63) is 35.4 Å². The molecule has 0 aliphatic rings. The molecule has 142 valence electrons. The third-order valence-corrected chi connectivity index (χ3v) is 3.64. The van der Waals surface area contributed by atoms with E-state index in [1.165, 1.54) is 0 Å². The molecule has 2 N–H and O–H groups in total. The highest BCUT2D eigenvalue weighted by Gasteiger charge is 2.31. The summed E-state index contributed by atoms with van der Waals surface area (Å²) in [6.45, 7) is 0. The summed E-state index contributed by atoms with van der Waals surface area (Å²) in [7, 11) is 1.14. The van der Waals surface area contributed by atoms with Crippen LogP contribution in [0.5, 0.6) is 0 Å². The fourth-order valence-corrected chi connectivity index (χ4v) is 2.20. The summed E-state index contributed by atoms with van der Waals surface area (Å²) in [5.41, 5.74) is -0.942. The molecular formula is C17H19F3N2O4. The van der Waals surface area contributed by atoms with Crippen molar-refractivity contribution in [2.75, 3.05) is 7.11 Å². The van der Waals surface area contributed by atoms with E-state index in [0.717, 1.165) is 31.4 Å². The van der Waals surface area contributed by atoms with Gasteiger partial charge < -0.3 is 15.2 Å². The molecule has 0 radical (unpaired) electrons. The first-order valence-electron chi connectivity index (χ1n) is 7.81. The number of halogens is 3. The summed E-state index contributed by atoms with van der Waals surface area (Å²) in [6, 6.07) is 4.44. The zero-order valence-electron chi connectivity index (χ0n) is 14.0. The van der Waals surface area contributed by atoms with Crippen LogP contribution in [-0.4, -0.2) is 30.1 Å². The van der Waals surface area contributed by atoms with Crippen LogP contribution in [0.15, 0.2) is 24.3 Å². The van der Waals surface area contributed by atoms with Crippen LogP contribution >= 0.6 is 0 Å². The van der Waals surface area contributed by atoms with E-state index in [9.17, 15) is 27.9 Å². The zero-order chi connectivity index (χ0) is 19.7. The lowest BCUT2D eigenvalue weighted by molar-refractivity contribution is -0.146. The Balaban J connectivity index is 2.75. The van der Waals surface area contributed by atoms with Crippen LogP contribution in [0.2, 0.25) is 0 Å². The number of esters is 1. The minimum Gasteiger partial charge on any atom is -0.467 e. The Morgan fingerprint density at radius 1 is 1.27 bits per heavy atom. The quantitative estimate of drug-likeness (QED) is 0.539. The van der Waals surface area contributed by atoms with Gasteiger partial charge in [0.05, 0.1) is 18.7 Å².